The van der Waals surface area contributed by atoms with Crippen LogP contribution in [0.25, 0.3) is 10.9 Å². The average molecular weight is 581 g/mol. The molecule has 6 rings (SSSR count). The molecular formula is C32H44N4O6. The van der Waals surface area contributed by atoms with Gasteiger partial charge in [-0.2, -0.15) is 0 Å². The molecule has 4 saturated carbocycles. The third-order valence-electron chi connectivity index (χ3n) is 12.4. The number of hydrogen-bond donors (Lipinski definition) is 4. The summed E-state index contributed by atoms with van der Waals surface area (Å²) in [6.07, 6.45) is 8.52. The van der Waals surface area contributed by atoms with Gasteiger partial charge in [-0.1, -0.05) is 20.8 Å². The van der Waals surface area contributed by atoms with E-state index in [1.807, 2.05) is 0 Å². The number of aliphatic hydroxyl groups is 2. The van der Waals surface area contributed by atoms with Crippen LogP contribution in [0.3, 0.4) is 0 Å². The molecule has 1 heterocycles. The number of nitrogens with zero attached hydrogens (tertiary/aromatic N) is 3. The van der Waals surface area contributed by atoms with Crippen molar-refractivity contribution in [3.8, 4) is 5.88 Å². The summed E-state index contributed by atoms with van der Waals surface area (Å²) in [6.45, 7) is 7.11. The fraction of sp³-hybridized carbons (Fsp3) is 0.719. The Morgan fingerprint density at radius 2 is 1.86 bits per heavy atom. The van der Waals surface area contributed by atoms with Crippen LogP contribution in [0.15, 0.2) is 28.4 Å². The third kappa shape index (κ3) is 4.75. The second-order valence-electron chi connectivity index (χ2n) is 14.4. The second kappa shape index (κ2) is 10.7. The molecule has 0 spiro atoms. The molecule has 228 valence electrons. The van der Waals surface area contributed by atoms with Crippen LogP contribution < -0.4 is 0 Å². The minimum absolute atomic E-state index is 0.0960. The third-order valence-corrected chi connectivity index (χ3v) is 12.4. The molecule has 4 aliphatic carbocycles. The van der Waals surface area contributed by atoms with E-state index in [9.17, 15) is 30.2 Å². The predicted molar refractivity (Wildman–Crippen MR) is 157 cm³/mol. The SMILES string of the molecule is C[C@@H](CCC(=O)N=Nc1c(O)[nH]c2cc([N+](=O)[O-])ccc12)[C@@H]1CC[C@@H]2[C@H]3[C@H](O)C[C@H]4C[C@@H](O)CC[C@]4(C)[C@@H]3CC[C@@]21C. The van der Waals surface area contributed by atoms with Crippen LogP contribution in [0, 0.1) is 56.5 Å². The molecule has 4 N–H and O–H groups in total. The van der Waals surface area contributed by atoms with Crippen LogP contribution in [-0.4, -0.2) is 43.3 Å². The normalized spacial score (nSPS) is 38.6. The highest BCUT2D eigenvalue weighted by atomic mass is 16.6. The van der Waals surface area contributed by atoms with E-state index in [-0.39, 0.29) is 52.6 Å². The van der Waals surface area contributed by atoms with Crippen molar-refractivity contribution < 1.29 is 25.0 Å². The molecule has 1 aromatic heterocycles. The zero-order valence-corrected chi connectivity index (χ0v) is 24.8. The van der Waals surface area contributed by atoms with Gasteiger partial charge >= 0.3 is 0 Å². The number of rotatable bonds is 6. The molecule has 42 heavy (non-hydrogen) atoms. The van der Waals surface area contributed by atoms with Gasteiger partial charge in [-0.25, -0.2) is 0 Å². The van der Waals surface area contributed by atoms with Gasteiger partial charge in [0.25, 0.3) is 11.6 Å². The Hall–Kier alpha value is -2.85. The Kier molecular flexibility index (Phi) is 7.45. The highest BCUT2D eigenvalue weighted by Gasteiger charge is 2.62. The van der Waals surface area contributed by atoms with Crippen LogP contribution in [-0.2, 0) is 4.79 Å². The first kappa shape index (κ1) is 29.2. The molecular weight excluding hydrogens is 536 g/mol. The number of benzene rings is 1. The van der Waals surface area contributed by atoms with Crippen molar-refractivity contribution in [3.63, 3.8) is 0 Å². The van der Waals surface area contributed by atoms with Gasteiger partial charge in [0.1, 0.15) is 0 Å². The molecule has 10 heteroatoms. The predicted octanol–water partition coefficient (Wildman–Crippen LogP) is 6.80. The van der Waals surface area contributed by atoms with Crippen LogP contribution in [0.1, 0.15) is 85.0 Å². The molecule has 1 amide bonds. The molecule has 0 unspecified atom stereocenters. The maximum absolute atomic E-state index is 12.7. The maximum Gasteiger partial charge on any atom is 0.271 e. The lowest BCUT2D eigenvalue weighted by molar-refractivity contribution is -0.384. The maximum atomic E-state index is 12.7. The summed E-state index contributed by atoms with van der Waals surface area (Å²) in [6, 6.07) is 4.12. The van der Waals surface area contributed by atoms with Crippen molar-refractivity contribution in [2.75, 3.05) is 0 Å². The smallest absolute Gasteiger partial charge is 0.271 e. The Morgan fingerprint density at radius 3 is 2.62 bits per heavy atom. The van der Waals surface area contributed by atoms with Crippen molar-refractivity contribution in [3.05, 3.63) is 28.3 Å². The van der Waals surface area contributed by atoms with E-state index < -0.39 is 4.92 Å². The largest absolute Gasteiger partial charge is 0.493 e. The molecule has 10 nitrogen and oxygen atoms in total. The zero-order valence-electron chi connectivity index (χ0n) is 24.8. The number of aromatic nitrogens is 1. The fourth-order valence-corrected chi connectivity index (χ4v) is 10.3. The molecule has 0 aliphatic heterocycles. The Balaban J connectivity index is 1.10. The van der Waals surface area contributed by atoms with E-state index >= 15 is 0 Å². The van der Waals surface area contributed by atoms with Crippen LogP contribution in [0.5, 0.6) is 5.88 Å². The van der Waals surface area contributed by atoms with Gasteiger partial charge in [0.15, 0.2) is 5.69 Å². The number of nitrogens with one attached hydrogen (secondary N) is 1. The van der Waals surface area contributed by atoms with Crippen molar-refractivity contribution in [2.24, 2.45) is 56.6 Å². The van der Waals surface area contributed by atoms with Gasteiger partial charge in [-0.15, -0.1) is 10.2 Å². The van der Waals surface area contributed by atoms with Crippen molar-refractivity contribution in [1.82, 2.24) is 4.98 Å². The highest BCUT2D eigenvalue weighted by molar-refractivity contribution is 5.95. The molecule has 4 aliphatic rings. The summed E-state index contributed by atoms with van der Waals surface area (Å²) >= 11 is 0. The van der Waals surface area contributed by atoms with Crippen molar-refractivity contribution >= 4 is 28.2 Å². The number of non-ortho nitro benzene ring substituents is 1. The highest BCUT2D eigenvalue weighted by Crippen LogP contribution is 2.68. The summed E-state index contributed by atoms with van der Waals surface area (Å²) in [4.78, 5) is 25.9. The van der Waals surface area contributed by atoms with E-state index in [0.717, 1.165) is 51.4 Å². The quantitative estimate of drug-likeness (QED) is 0.167. The molecule has 0 bridgehead atoms. The zero-order chi connectivity index (χ0) is 30.0. The van der Waals surface area contributed by atoms with Crippen LogP contribution in [0.4, 0.5) is 11.4 Å². The van der Waals surface area contributed by atoms with Gasteiger partial charge in [-0.05, 0) is 110 Å². The Morgan fingerprint density at radius 1 is 1.12 bits per heavy atom. The van der Waals surface area contributed by atoms with E-state index in [0.29, 0.717) is 52.8 Å². The Labute approximate surface area is 246 Å². The number of carbonyl (C=O) groups excluding carboxylic acids is 1. The molecule has 1 aromatic carbocycles. The first-order valence-corrected chi connectivity index (χ1v) is 15.7. The van der Waals surface area contributed by atoms with E-state index in [1.54, 1.807) is 0 Å². The summed E-state index contributed by atoms with van der Waals surface area (Å²) in [5.74, 6) is 1.88. The van der Waals surface area contributed by atoms with Crippen molar-refractivity contribution in [2.45, 2.75) is 97.2 Å². The number of nitro benzene ring substituents is 1. The summed E-state index contributed by atoms with van der Waals surface area (Å²) in [5.41, 5.74) is 0.684. The number of hydrogen-bond acceptors (Lipinski definition) is 7. The number of nitro groups is 1. The lowest BCUT2D eigenvalue weighted by Crippen LogP contribution is -2.58. The number of amides is 1. The van der Waals surface area contributed by atoms with E-state index in [1.165, 1.54) is 18.2 Å². The van der Waals surface area contributed by atoms with E-state index in [4.69, 9.17) is 0 Å². The standard InChI is InChI=1S/C32H44N4O6/c1-17(4-9-27(39)34-35-29-21-6-5-19(36(41)42)16-25(21)33-30(29)40)22-7-8-23-28-24(11-13-32(22,23)3)31(2)12-10-20(37)14-18(31)15-26(28)38/h5-6,16-18,20,22-24,26,28,33,37-38,40H,4,7-15H2,1-3H3/t17-,18+,20-,22-,23+,24+,26+,28+,31-,32+/m0/s1. The van der Waals surface area contributed by atoms with Crippen LogP contribution in [0.2, 0.25) is 0 Å². The topological polar surface area (TPSA) is 161 Å². The average Bonchev–Trinajstić information content (AvgIpc) is 3.46. The molecule has 4 fully saturated rings. The number of fused-ring (bicyclic) bond motifs is 6. The fourth-order valence-electron chi connectivity index (χ4n) is 10.3. The molecule has 0 radical (unpaired) electrons. The summed E-state index contributed by atoms with van der Waals surface area (Å²) in [7, 11) is 0. The van der Waals surface area contributed by atoms with Gasteiger partial charge in [0.2, 0.25) is 5.88 Å². The lowest BCUT2D eigenvalue weighted by Gasteiger charge is -2.62. The lowest BCUT2D eigenvalue weighted by atomic mass is 9.43. The number of aliphatic hydroxyl groups excluding tert-OH is 2. The van der Waals surface area contributed by atoms with E-state index in [2.05, 4.69) is 36.0 Å². The first-order chi connectivity index (χ1) is 19.9. The summed E-state index contributed by atoms with van der Waals surface area (Å²) in [5, 5.41) is 51.4. The minimum Gasteiger partial charge on any atom is -0.493 e. The van der Waals surface area contributed by atoms with Crippen molar-refractivity contribution in [1.29, 1.82) is 0 Å². The number of H-pyrrole nitrogens is 1. The monoisotopic (exact) mass is 580 g/mol. The number of aromatic hydroxyl groups is 1. The van der Waals surface area contributed by atoms with Gasteiger partial charge in [-0.3, -0.25) is 14.9 Å². The van der Waals surface area contributed by atoms with Gasteiger partial charge in [0.05, 0.1) is 22.6 Å². The Bertz CT molecular complexity index is 1410. The number of aromatic amines is 1. The van der Waals surface area contributed by atoms with Gasteiger partial charge in [0, 0.05) is 23.9 Å². The van der Waals surface area contributed by atoms with Crippen LogP contribution >= 0.6 is 0 Å². The minimum atomic E-state index is -0.516. The number of carbonyl (C=O) groups is 1. The first-order valence-electron chi connectivity index (χ1n) is 15.7. The molecule has 10 atom stereocenters. The summed E-state index contributed by atoms with van der Waals surface area (Å²) < 4.78 is 0. The van der Waals surface area contributed by atoms with Gasteiger partial charge < -0.3 is 20.3 Å². The number of azo groups is 1. The molecule has 0 saturated heterocycles. The molecule has 2 aromatic rings. The second-order valence-corrected chi connectivity index (χ2v) is 14.4.